The molecule has 2 unspecified atom stereocenters. The van der Waals surface area contributed by atoms with E-state index in [4.69, 9.17) is 9.90 Å². The molecule has 1 fully saturated rings. The quantitative estimate of drug-likeness (QED) is 0.643. The van der Waals surface area contributed by atoms with Gasteiger partial charge in [-0.1, -0.05) is 5.16 Å². The van der Waals surface area contributed by atoms with Gasteiger partial charge in [0.2, 0.25) is 5.91 Å². The van der Waals surface area contributed by atoms with Gasteiger partial charge in [0.25, 0.3) is 0 Å². The van der Waals surface area contributed by atoms with Crippen LogP contribution < -0.4 is 11.1 Å². The van der Waals surface area contributed by atoms with Crippen LogP contribution in [-0.2, 0) is 16.1 Å². The molecule has 1 aliphatic rings. The van der Waals surface area contributed by atoms with Crippen LogP contribution in [-0.4, -0.2) is 49.1 Å². The summed E-state index contributed by atoms with van der Waals surface area (Å²) < 4.78 is 38.1. The van der Waals surface area contributed by atoms with Crippen molar-refractivity contribution in [2.75, 3.05) is 0 Å². The van der Waals surface area contributed by atoms with Crippen molar-refractivity contribution in [1.82, 2.24) is 25.2 Å². The summed E-state index contributed by atoms with van der Waals surface area (Å²) in [7, 11) is 0. The Bertz CT molecular complexity index is 846. The van der Waals surface area contributed by atoms with Gasteiger partial charge in [-0.15, -0.1) is 0 Å². The summed E-state index contributed by atoms with van der Waals surface area (Å²) in [4.78, 5) is 34.4. The average molecular weight is 419 g/mol. The minimum Gasteiger partial charge on any atom is -0.475 e. The number of carbonyl (C=O) groups is 2. The third-order valence-electron chi connectivity index (χ3n) is 4.23. The first-order valence-electron chi connectivity index (χ1n) is 8.78. The summed E-state index contributed by atoms with van der Waals surface area (Å²) in [5.74, 6) is -2.48. The molecular formula is C16H20F3N5O5. The molecule has 0 radical (unpaired) electrons. The van der Waals surface area contributed by atoms with Crippen molar-refractivity contribution in [1.29, 1.82) is 0 Å². The number of aryl methyl sites for hydroxylation is 1. The van der Waals surface area contributed by atoms with Crippen LogP contribution in [0.15, 0.2) is 27.8 Å². The van der Waals surface area contributed by atoms with E-state index < -0.39 is 17.9 Å². The Morgan fingerprint density at radius 1 is 1.38 bits per heavy atom. The molecule has 1 amide bonds. The molecule has 160 valence electrons. The number of hydrogen-bond acceptors (Lipinski definition) is 6. The zero-order valence-electron chi connectivity index (χ0n) is 15.2. The van der Waals surface area contributed by atoms with Crippen molar-refractivity contribution in [3.63, 3.8) is 0 Å². The number of carboxylic acid groups (broad SMARTS) is 1. The lowest BCUT2D eigenvalue weighted by molar-refractivity contribution is -0.192. The fourth-order valence-electron chi connectivity index (χ4n) is 2.91. The van der Waals surface area contributed by atoms with Crippen LogP contribution in [0, 0.1) is 0 Å². The molecule has 0 bridgehead atoms. The van der Waals surface area contributed by atoms with E-state index in [1.807, 2.05) is 16.9 Å². The van der Waals surface area contributed by atoms with Crippen LogP contribution in [0.3, 0.4) is 0 Å². The van der Waals surface area contributed by atoms with Gasteiger partial charge in [0.15, 0.2) is 5.82 Å². The zero-order valence-corrected chi connectivity index (χ0v) is 15.2. The summed E-state index contributed by atoms with van der Waals surface area (Å²) in [6.45, 7) is 0.744. The number of aromatic nitrogens is 4. The Labute approximate surface area is 162 Å². The van der Waals surface area contributed by atoms with E-state index in [0.29, 0.717) is 12.2 Å². The Hall–Kier alpha value is -3.12. The van der Waals surface area contributed by atoms with Crippen molar-refractivity contribution >= 4 is 11.9 Å². The lowest BCUT2D eigenvalue weighted by atomic mass is 10.1. The van der Waals surface area contributed by atoms with Gasteiger partial charge in [0.05, 0.1) is 0 Å². The topological polar surface area (TPSA) is 143 Å². The minimum absolute atomic E-state index is 0.0615. The molecule has 0 aliphatic heterocycles. The Kier molecular flexibility index (Phi) is 7.56. The van der Waals surface area contributed by atoms with Crippen molar-refractivity contribution in [2.45, 2.75) is 56.8 Å². The number of carbonyl (C=O) groups excluding carboxylic acids is 1. The van der Waals surface area contributed by atoms with Gasteiger partial charge >= 0.3 is 17.9 Å². The van der Waals surface area contributed by atoms with Crippen LogP contribution in [0.5, 0.6) is 0 Å². The summed E-state index contributed by atoms with van der Waals surface area (Å²) in [6.07, 6.45) is 2.35. The minimum atomic E-state index is -5.08. The van der Waals surface area contributed by atoms with Gasteiger partial charge in [-0.3, -0.25) is 19.0 Å². The van der Waals surface area contributed by atoms with E-state index >= 15 is 0 Å². The number of amides is 1. The average Bonchev–Trinajstić information content (AvgIpc) is 3.36. The second kappa shape index (κ2) is 9.89. The van der Waals surface area contributed by atoms with E-state index in [1.54, 1.807) is 6.20 Å². The van der Waals surface area contributed by atoms with Crippen LogP contribution >= 0.6 is 0 Å². The van der Waals surface area contributed by atoms with E-state index in [1.165, 1.54) is 0 Å². The van der Waals surface area contributed by atoms with Crippen LogP contribution in [0.1, 0.15) is 43.8 Å². The number of nitrogens with one attached hydrogen (secondary N) is 2. The van der Waals surface area contributed by atoms with Gasteiger partial charge in [-0.2, -0.15) is 18.3 Å². The standard InChI is InChI=1S/C14H19N5O3.C2HF3O2/c20-12(3-1-7-19-8-2-6-15-19)16-11-5-4-10(9-11)13-17-14(21)22-18-13;3-2(4,5)1(6)7/h2,6,8,10-11H,1,3-5,7,9H2,(H,16,20)(H,17,18,21);(H,6,7). The number of aromatic amines is 1. The lowest BCUT2D eigenvalue weighted by Gasteiger charge is -2.12. The van der Waals surface area contributed by atoms with Crippen LogP contribution in [0.4, 0.5) is 13.2 Å². The number of aliphatic carboxylic acids is 1. The van der Waals surface area contributed by atoms with E-state index in [-0.39, 0.29) is 17.9 Å². The van der Waals surface area contributed by atoms with E-state index in [9.17, 15) is 22.8 Å². The third kappa shape index (κ3) is 7.43. The van der Waals surface area contributed by atoms with Crippen molar-refractivity contribution in [2.24, 2.45) is 0 Å². The van der Waals surface area contributed by atoms with E-state index in [2.05, 4.69) is 25.1 Å². The maximum absolute atomic E-state index is 11.9. The zero-order chi connectivity index (χ0) is 21.4. The molecule has 0 spiro atoms. The normalized spacial score (nSPS) is 18.7. The maximum Gasteiger partial charge on any atom is 0.490 e. The third-order valence-corrected chi connectivity index (χ3v) is 4.23. The maximum atomic E-state index is 11.9. The van der Waals surface area contributed by atoms with E-state index in [0.717, 1.165) is 32.2 Å². The van der Waals surface area contributed by atoms with Gasteiger partial charge in [0, 0.05) is 37.3 Å². The van der Waals surface area contributed by atoms with Gasteiger partial charge in [0.1, 0.15) is 0 Å². The molecule has 1 aliphatic carbocycles. The fraction of sp³-hybridized carbons (Fsp3) is 0.562. The largest absolute Gasteiger partial charge is 0.490 e. The second-order valence-electron chi connectivity index (χ2n) is 6.43. The number of hydrogen-bond donors (Lipinski definition) is 3. The highest BCUT2D eigenvalue weighted by Gasteiger charge is 2.38. The highest BCUT2D eigenvalue weighted by molar-refractivity contribution is 5.76. The molecular weight excluding hydrogens is 399 g/mol. The predicted octanol–water partition coefficient (Wildman–Crippen LogP) is 1.43. The summed E-state index contributed by atoms with van der Waals surface area (Å²) in [6, 6.07) is 2.01. The number of halogens is 3. The number of H-pyrrole nitrogens is 1. The molecule has 10 nitrogen and oxygen atoms in total. The van der Waals surface area contributed by atoms with Gasteiger partial charge in [-0.05, 0) is 31.7 Å². The number of rotatable bonds is 6. The molecule has 2 aromatic heterocycles. The van der Waals surface area contributed by atoms with Crippen molar-refractivity contribution in [3.05, 3.63) is 34.8 Å². The first kappa shape index (κ1) is 22.2. The van der Waals surface area contributed by atoms with Crippen molar-refractivity contribution in [3.8, 4) is 0 Å². The molecule has 0 aromatic carbocycles. The summed E-state index contributed by atoms with van der Waals surface area (Å²) in [5, 5.41) is 18.0. The first-order chi connectivity index (χ1) is 13.6. The molecule has 3 rings (SSSR count). The van der Waals surface area contributed by atoms with Gasteiger partial charge < -0.3 is 10.4 Å². The first-order valence-corrected chi connectivity index (χ1v) is 8.78. The Morgan fingerprint density at radius 2 is 2.10 bits per heavy atom. The number of nitrogens with zero attached hydrogens (tertiary/aromatic N) is 3. The highest BCUT2D eigenvalue weighted by Crippen LogP contribution is 2.32. The second-order valence-corrected chi connectivity index (χ2v) is 6.43. The van der Waals surface area contributed by atoms with Crippen LogP contribution in [0.25, 0.3) is 0 Å². The van der Waals surface area contributed by atoms with Gasteiger partial charge in [-0.25, -0.2) is 9.59 Å². The molecule has 2 aromatic rings. The monoisotopic (exact) mass is 419 g/mol. The molecule has 1 saturated carbocycles. The molecule has 2 heterocycles. The molecule has 13 heteroatoms. The molecule has 29 heavy (non-hydrogen) atoms. The SMILES string of the molecule is O=C(CCCn1cccn1)NC1CCC(c2noc(=O)[nH]2)C1.O=C(O)C(F)(F)F. The Morgan fingerprint density at radius 3 is 2.66 bits per heavy atom. The lowest BCUT2D eigenvalue weighted by Crippen LogP contribution is -2.32. The van der Waals surface area contributed by atoms with Crippen molar-refractivity contribution < 1.29 is 32.4 Å². The molecule has 3 N–H and O–H groups in total. The molecule has 2 atom stereocenters. The number of alkyl halides is 3. The smallest absolute Gasteiger partial charge is 0.475 e. The number of carboxylic acids is 1. The fourth-order valence-corrected chi connectivity index (χ4v) is 2.91. The summed E-state index contributed by atoms with van der Waals surface area (Å²) in [5.41, 5.74) is 0. The molecule has 0 saturated heterocycles. The Balaban J connectivity index is 0.000000370. The summed E-state index contributed by atoms with van der Waals surface area (Å²) >= 11 is 0. The highest BCUT2D eigenvalue weighted by atomic mass is 19.4. The predicted molar refractivity (Wildman–Crippen MR) is 90.8 cm³/mol. The van der Waals surface area contributed by atoms with Crippen LogP contribution in [0.2, 0.25) is 0 Å².